The lowest BCUT2D eigenvalue weighted by Gasteiger charge is -2.27. The van der Waals surface area contributed by atoms with E-state index < -0.39 is 0 Å². The van der Waals surface area contributed by atoms with Crippen LogP contribution in [-0.2, 0) is 6.42 Å². The van der Waals surface area contributed by atoms with Gasteiger partial charge in [-0.2, -0.15) is 0 Å². The van der Waals surface area contributed by atoms with Gasteiger partial charge in [0.25, 0.3) is 0 Å². The number of piperazine rings is 1. The van der Waals surface area contributed by atoms with E-state index in [1.165, 1.54) is 63.7 Å². The van der Waals surface area contributed by atoms with Crippen molar-refractivity contribution < 1.29 is 4.74 Å². The molecule has 0 saturated carbocycles. The molecular weight excluding hydrogens is 284 g/mol. The molecular formula is C20H34N2O. The van der Waals surface area contributed by atoms with Crippen LogP contribution in [0.1, 0.15) is 51.0 Å². The van der Waals surface area contributed by atoms with Gasteiger partial charge in [0.2, 0.25) is 0 Å². The fourth-order valence-corrected chi connectivity index (χ4v) is 3.15. The van der Waals surface area contributed by atoms with Gasteiger partial charge in [-0.15, -0.1) is 0 Å². The minimum Gasteiger partial charge on any atom is -0.493 e. The highest BCUT2D eigenvalue weighted by atomic mass is 16.5. The molecule has 1 aliphatic heterocycles. The monoisotopic (exact) mass is 318 g/mol. The molecule has 0 atom stereocenters. The fraction of sp³-hybridized carbons (Fsp3) is 0.700. The Morgan fingerprint density at radius 1 is 1.00 bits per heavy atom. The number of hydrogen-bond donors (Lipinski definition) is 1. The van der Waals surface area contributed by atoms with E-state index in [2.05, 4.69) is 41.4 Å². The van der Waals surface area contributed by atoms with Gasteiger partial charge in [-0.25, -0.2) is 0 Å². The number of para-hydroxylation sites is 1. The van der Waals surface area contributed by atoms with Crippen molar-refractivity contribution in [1.29, 1.82) is 0 Å². The van der Waals surface area contributed by atoms with Crippen molar-refractivity contribution in [1.82, 2.24) is 10.2 Å². The maximum Gasteiger partial charge on any atom is 0.122 e. The molecule has 3 nitrogen and oxygen atoms in total. The van der Waals surface area contributed by atoms with E-state index in [1.807, 2.05) is 0 Å². The molecule has 1 aliphatic rings. The first kappa shape index (κ1) is 18.3. The van der Waals surface area contributed by atoms with Gasteiger partial charge < -0.3 is 15.0 Å². The Balaban J connectivity index is 1.65. The van der Waals surface area contributed by atoms with Crippen molar-refractivity contribution in [2.75, 3.05) is 39.3 Å². The van der Waals surface area contributed by atoms with E-state index in [0.29, 0.717) is 0 Å². The minimum absolute atomic E-state index is 0.859. The minimum atomic E-state index is 0.859. The molecule has 1 N–H and O–H groups in total. The Hall–Kier alpha value is -1.06. The van der Waals surface area contributed by atoms with Crippen LogP contribution in [0.2, 0.25) is 0 Å². The zero-order chi connectivity index (χ0) is 16.2. The third kappa shape index (κ3) is 7.36. The quantitative estimate of drug-likeness (QED) is 0.627. The Labute approximate surface area is 142 Å². The lowest BCUT2D eigenvalue weighted by Crippen LogP contribution is -2.43. The topological polar surface area (TPSA) is 24.5 Å². The molecule has 0 bridgehead atoms. The van der Waals surface area contributed by atoms with Gasteiger partial charge in [0.15, 0.2) is 0 Å². The highest BCUT2D eigenvalue weighted by Crippen LogP contribution is 2.20. The van der Waals surface area contributed by atoms with Crippen LogP contribution in [0, 0.1) is 0 Å². The number of nitrogens with one attached hydrogen (secondary N) is 1. The average molecular weight is 319 g/mol. The lowest BCUT2D eigenvalue weighted by atomic mass is 10.1. The molecule has 0 unspecified atom stereocenters. The predicted octanol–water partition coefficient (Wildman–Crippen LogP) is 3.87. The molecule has 0 spiro atoms. The highest BCUT2D eigenvalue weighted by molar-refractivity contribution is 5.33. The normalized spacial score (nSPS) is 15.7. The SMILES string of the molecule is CCCCCCOc1ccccc1CCCCN1CCNCC1. The van der Waals surface area contributed by atoms with Crippen molar-refractivity contribution >= 4 is 0 Å². The van der Waals surface area contributed by atoms with Crippen LogP contribution >= 0.6 is 0 Å². The molecule has 0 aromatic heterocycles. The first-order valence-corrected chi connectivity index (χ1v) is 9.54. The largest absolute Gasteiger partial charge is 0.493 e. The second-order valence-electron chi connectivity index (χ2n) is 6.57. The summed E-state index contributed by atoms with van der Waals surface area (Å²) in [6.45, 7) is 9.05. The van der Waals surface area contributed by atoms with E-state index >= 15 is 0 Å². The number of hydrogen-bond acceptors (Lipinski definition) is 3. The zero-order valence-electron chi connectivity index (χ0n) is 14.9. The standard InChI is InChI=1S/C20H34N2O/c1-2-3-4-9-18-23-20-12-6-5-10-19(20)11-7-8-15-22-16-13-21-14-17-22/h5-6,10,12,21H,2-4,7-9,11,13-18H2,1H3. The fourth-order valence-electron chi connectivity index (χ4n) is 3.15. The van der Waals surface area contributed by atoms with Crippen molar-refractivity contribution in [2.24, 2.45) is 0 Å². The third-order valence-electron chi connectivity index (χ3n) is 4.61. The molecule has 130 valence electrons. The summed E-state index contributed by atoms with van der Waals surface area (Å²) in [6.07, 6.45) is 8.72. The first-order valence-electron chi connectivity index (χ1n) is 9.54. The molecule has 3 heteroatoms. The number of rotatable bonds is 11. The van der Waals surface area contributed by atoms with E-state index in [-0.39, 0.29) is 0 Å². The Morgan fingerprint density at radius 3 is 2.65 bits per heavy atom. The van der Waals surface area contributed by atoms with Gasteiger partial charge in [0.05, 0.1) is 6.61 Å². The van der Waals surface area contributed by atoms with Crippen LogP contribution in [-0.4, -0.2) is 44.2 Å². The zero-order valence-corrected chi connectivity index (χ0v) is 14.9. The second kappa shape index (κ2) is 11.5. The van der Waals surface area contributed by atoms with Gasteiger partial charge >= 0.3 is 0 Å². The Bertz CT molecular complexity index is 416. The van der Waals surface area contributed by atoms with Gasteiger partial charge in [-0.05, 0) is 43.9 Å². The Morgan fingerprint density at radius 2 is 1.83 bits per heavy atom. The third-order valence-corrected chi connectivity index (χ3v) is 4.61. The van der Waals surface area contributed by atoms with Crippen molar-refractivity contribution in [3.8, 4) is 5.75 Å². The molecule has 0 radical (unpaired) electrons. The van der Waals surface area contributed by atoms with Crippen molar-refractivity contribution in [2.45, 2.75) is 51.9 Å². The maximum absolute atomic E-state index is 6.01. The summed E-state index contributed by atoms with van der Waals surface area (Å²) in [7, 11) is 0. The van der Waals surface area contributed by atoms with Crippen LogP contribution in [0.25, 0.3) is 0 Å². The van der Waals surface area contributed by atoms with Crippen molar-refractivity contribution in [3.63, 3.8) is 0 Å². The second-order valence-corrected chi connectivity index (χ2v) is 6.57. The number of aryl methyl sites for hydroxylation is 1. The number of ether oxygens (including phenoxy) is 1. The Kier molecular flexibility index (Phi) is 9.12. The maximum atomic E-state index is 6.01. The van der Waals surface area contributed by atoms with Gasteiger partial charge in [0.1, 0.15) is 5.75 Å². The highest BCUT2D eigenvalue weighted by Gasteiger charge is 2.09. The van der Waals surface area contributed by atoms with E-state index in [9.17, 15) is 0 Å². The molecule has 23 heavy (non-hydrogen) atoms. The molecule has 1 aromatic carbocycles. The summed E-state index contributed by atoms with van der Waals surface area (Å²) in [6, 6.07) is 8.58. The smallest absolute Gasteiger partial charge is 0.122 e. The molecule has 1 aromatic rings. The molecule has 0 amide bonds. The summed E-state index contributed by atoms with van der Waals surface area (Å²) in [5.41, 5.74) is 1.38. The number of unbranched alkanes of at least 4 members (excludes halogenated alkanes) is 4. The molecule has 0 aliphatic carbocycles. The van der Waals surface area contributed by atoms with Crippen LogP contribution in [0.4, 0.5) is 0 Å². The van der Waals surface area contributed by atoms with Crippen LogP contribution in [0.3, 0.4) is 0 Å². The summed E-state index contributed by atoms with van der Waals surface area (Å²) < 4.78 is 6.01. The van der Waals surface area contributed by atoms with Crippen LogP contribution in [0.15, 0.2) is 24.3 Å². The van der Waals surface area contributed by atoms with Crippen molar-refractivity contribution in [3.05, 3.63) is 29.8 Å². The molecule has 1 heterocycles. The number of nitrogens with zero attached hydrogens (tertiary/aromatic N) is 1. The summed E-state index contributed by atoms with van der Waals surface area (Å²) in [5, 5.41) is 3.41. The number of benzene rings is 1. The van der Waals surface area contributed by atoms with Gasteiger partial charge in [-0.3, -0.25) is 0 Å². The summed E-state index contributed by atoms with van der Waals surface area (Å²) in [4.78, 5) is 2.58. The van der Waals surface area contributed by atoms with Gasteiger partial charge in [-0.1, -0.05) is 44.4 Å². The average Bonchev–Trinajstić information content (AvgIpc) is 2.60. The van der Waals surface area contributed by atoms with Crippen LogP contribution < -0.4 is 10.1 Å². The summed E-state index contributed by atoms with van der Waals surface area (Å²) >= 11 is 0. The van der Waals surface area contributed by atoms with E-state index in [0.717, 1.165) is 31.9 Å². The van der Waals surface area contributed by atoms with Gasteiger partial charge in [0, 0.05) is 26.2 Å². The first-order chi connectivity index (χ1) is 11.4. The lowest BCUT2D eigenvalue weighted by molar-refractivity contribution is 0.236. The molecule has 1 fully saturated rings. The molecule has 2 rings (SSSR count). The van der Waals surface area contributed by atoms with Crippen LogP contribution in [0.5, 0.6) is 5.75 Å². The molecule has 1 saturated heterocycles. The summed E-state index contributed by atoms with van der Waals surface area (Å²) in [5.74, 6) is 1.10. The van der Waals surface area contributed by atoms with E-state index in [1.54, 1.807) is 0 Å². The predicted molar refractivity (Wildman–Crippen MR) is 98.3 cm³/mol. The van der Waals surface area contributed by atoms with E-state index in [4.69, 9.17) is 4.74 Å².